The van der Waals surface area contributed by atoms with Gasteiger partial charge in [0.25, 0.3) is 0 Å². The van der Waals surface area contributed by atoms with Crippen molar-refractivity contribution < 1.29 is 0 Å². The van der Waals surface area contributed by atoms with Crippen molar-refractivity contribution in [2.45, 2.75) is 0 Å². The Balaban J connectivity index is 3.13. The average molecular weight is 197 g/mol. The Bertz CT molecular complexity index is 61.4. The molecule has 0 radical (unpaired) electrons. The summed E-state index contributed by atoms with van der Waals surface area (Å²) >= 11 is 1.79. The molecular weight excluding hydrogens is 194 g/mol. The molecule has 1 rings (SSSR count). The van der Waals surface area contributed by atoms with Gasteiger partial charge in [0.15, 0.2) is 0 Å². The molecule has 2 heteroatoms. The van der Waals surface area contributed by atoms with E-state index in [1.807, 2.05) is 0 Å². The normalized spacial score (nSPS) is 8.00. The van der Waals surface area contributed by atoms with Crippen molar-refractivity contribution >= 4 is 25.3 Å². The molecule has 0 spiro atoms. The molecule has 0 bridgehead atoms. The Hall–Kier alpha value is 0.649. The van der Waals surface area contributed by atoms with E-state index < -0.39 is 0 Å². The standard InChI is InChI=1S/C3H3Se2/c1-2-4-5-3-1/h1-3H/q+1. The second-order valence-electron chi connectivity index (χ2n) is 0.657. The predicted molar refractivity (Wildman–Crippen MR) is 24.7 cm³/mol. The van der Waals surface area contributed by atoms with Crippen molar-refractivity contribution in [3.63, 3.8) is 0 Å². The zero-order chi connectivity index (χ0) is 3.54. The fourth-order valence-electron chi connectivity index (χ4n) is 0.160. The van der Waals surface area contributed by atoms with E-state index >= 15 is 0 Å². The first kappa shape index (κ1) is 3.83. The molecule has 0 aliphatic heterocycles. The summed E-state index contributed by atoms with van der Waals surface area (Å²) in [6.45, 7) is 0. The first-order valence-electron chi connectivity index (χ1n) is 1.30. The van der Waals surface area contributed by atoms with Gasteiger partial charge in [-0.05, 0) is 0 Å². The number of hydrogen-bond acceptors (Lipinski definition) is 0. The van der Waals surface area contributed by atoms with Gasteiger partial charge in [-0.15, -0.1) is 0 Å². The van der Waals surface area contributed by atoms with E-state index in [1.165, 1.54) is 0 Å². The van der Waals surface area contributed by atoms with E-state index in [4.69, 9.17) is 0 Å². The molecule has 0 saturated heterocycles. The summed E-state index contributed by atoms with van der Waals surface area (Å²) in [7, 11) is 0. The molecule has 5 heavy (non-hydrogen) atoms. The van der Waals surface area contributed by atoms with Crippen molar-refractivity contribution in [1.29, 1.82) is 0 Å². The third kappa shape index (κ3) is 1.02. The van der Waals surface area contributed by atoms with Crippen LogP contribution in [0.5, 0.6) is 0 Å². The average Bonchev–Trinajstić information content (AvgIpc) is 1.76. The second-order valence-corrected chi connectivity index (χ2v) is 6.80. The SMILES string of the molecule is c1c[se][se+]c1. The fraction of sp³-hybridized carbons (Fsp3) is 0. The zero-order valence-electron chi connectivity index (χ0n) is 2.55. The molecule has 0 aromatic carbocycles. The van der Waals surface area contributed by atoms with Crippen molar-refractivity contribution in [2.75, 3.05) is 0 Å². The summed E-state index contributed by atoms with van der Waals surface area (Å²) < 4.78 is 0. The molecule has 0 nitrogen and oxygen atoms in total. The molecule has 1 aromatic heterocycles. The first-order chi connectivity index (χ1) is 2.50. The summed E-state index contributed by atoms with van der Waals surface area (Å²) in [5, 5.41) is 0. The van der Waals surface area contributed by atoms with Crippen molar-refractivity contribution in [2.24, 2.45) is 0 Å². The Kier molecular flexibility index (Phi) is 1.48. The van der Waals surface area contributed by atoms with Crippen LogP contribution in [-0.2, 0) is 0 Å². The maximum absolute atomic E-state index is 2.27. The van der Waals surface area contributed by atoms with E-state index in [0.29, 0.717) is 0 Å². The van der Waals surface area contributed by atoms with Crippen molar-refractivity contribution in [1.82, 2.24) is 0 Å². The van der Waals surface area contributed by atoms with E-state index in [0.717, 1.165) is 25.3 Å². The molecule has 1 aromatic rings. The molecule has 0 unspecified atom stereocenters. The Morgan fingerprint density at radius 1 is 1.60 bits per heavy atom. The van der Waals surface area contributed by atoms with E-state index in [9.17, 15) is 0 Å². The van der Waals surface area contributed by atoms with E-state index in [2.05, 4.69) is 15.9 Å². The van der Waals surface area contributed by atoms with Gasteiger partial charge in [-0.1, -0.05) is 0 Å². The molecule has 0 amide bonds. The zero-order valence-corrected chi connectivity index (χ0v) is 5.97. The first-order valence-corrected chi connectivity index (χ1v) is 7.62. The molecule has 0 atom stereocenters. The van der Waals surface area contributed by atoms with E-state index in [-0.39, 0.29) is 0 Å². The van der Waals surface area contributed by atoms with Crippen LogP contribution < -0.4 is 0 Å². The maximum atomic E-state index is 2.27. The summed E-state index contributed by atoms with van der Waals surface area (Å²) in [4.78, 5) is 4.54. The summed E-state index contributed by atoms with van der Waals surface area (Å²) in [5.41, 5.74) is 0. The molecule has 0 fully saturated rings. The molecule has 26 valence electrons. The molecule has 0 aliphatic rings. The topological polar surface area (TPSA) is 0 Å². The van der Waals surface area contributed by atoms with Gasteiger partial charge in [0, 0.05) is 0 Å². The molecule has 0 aliphatic carbocycles. The van der Waals surface area contributed by atoms with Crippen molar-refractivity contribution in [3.05, 3.63) is 15.9 Å². The summed E-state index contributed by atoms with van der Waals surface area (Å²) in [5.74, 6) is 0. The van der Waals surface area contributed by atoms with Gasteiger partial charge in [-0.2, -0.15) is 0 Å². The van der Waals surface area contributed by atoms with Crippen LogP contribution in [0, 0.1) is 0 Å². The minimum absolute atomic E-state index is 0.896. The van der Waals surface area contributed by atoms with Crippen molar-refractivity contribution in [3.8, 4) is 0 Å². The van der Waals surface area contributed by atoms with Gasteiger partial charge < -0.3 is 0 Å². The van der Waals surface area contributed by atoms with Gasteiger partial charge in [-0.25, -0.2) is 0 Å². The molecule has 0 saturated carbocycles. The fourth-order valence-corrected chi connectivity index (χ4v) is 4.33. The Morgan fingerprint density at radius 2 is 2.60 bits per heavy atom. The molecular formula is C3H3Se2+. The van der Waals surface area contributed by atoms with Gasteiger partial charge >= 0.3 is 41.2 Å². The van der Waals surface area contributed by atoms with E-state index in [1.54, 1.807) is 0 Å². The van der Waals surface area contributed by atoms with Gasteiger partial charge in [-0.3, -0.25) is 0 Å². The quantitative estimate of drug-likeness (QED) is 0.516. The van der Waals surface area contributed by atoms with Crippen LogP contribution in [0.4, 0.5) is 0 Å². The number of rotatable bonds is 0. The van der Waals surface area contributed by atoms with Crippen LogP contribution >= 0.6 is 0 Å². The van der Waals surface area contributed by atoms with Crippen LogP contribution in [0.25, 0.3) is 0 Å². The Morgan fingerprint density at radius 3 is 2.80 bits per heavy atom. The van der Waals surface area contributed by atoms with Crippen LogP contribution in [0.2, 0.25) is 0 Å². The minimum atomic E-state index is 0.896. The summed E-state index contributed by atoms with van der Waals surface area (Å²) in [6, 6.07) is 2.17. The van der Waals surface area contributed by atoms with Gasteiger partial charge in [0.1, 0.15) is 0 Å². The number of hydrogen-bond donors (Lipinski definition) is 0. The monoisotopic (exact) mass is 199 g/mol. The van der Waals surface area contributed by atoms with Crippen LogP contribution in [0.3, 0.4) is 0 Å². The third-order valence-corrected chi connectivity index (χ3v) is 5.32. The van der Waals surface area contributed by atoms with Gasteiger partial charge in [0.2, 0.25) is 0 Å². The molecule has 0 N–H and O–H groups in total. The Labute approximate surface area is 41.5 Å². The van der Waals surface area contributed by atoms with Crippen LogP contribution in [-0.4, -0.2) is 25.3 Å². The van der Waals surface area contributed by atoms with Crippen LogP contribution in [0.1, 0.15) is 0 Å². The van der Waals surface area contributed by atoms with Gasteiger partial charge in [0.05, 0.1) is 0 Å². The second kappa shape index (κ2) is 1.94. The molecule has 1 heterocycles. The summed E-state index contributed by atoms with van der Waals surface area (Å²) in [6.07, 6.45) is 0. The predicted octanol–water partition coefficient (Wildman–Crippen LogP) is 0.0817. The van der Waals surface area contributed by atoms with Crippen LogP contribution in [0.15, 0.2) is 15.9 Å². The third-order valence-electron chi connectivity index (χ3n) is 0.324.